The lowest BCUT2D eigenvalue weighted by Gasteiger charge is -2.28. The molecule has 8 nitrogen and oxygen atoms in total. The molecule has 2 heterocycles. The van der Waals surface area contributed by atoms with Gasteiger partial charge in [-0.05, 0) is 31.4 Å². The van der Waals surface area contributed by atoms with E-state index in [4.69, 9.17) is 16.3 Å². The highest BCUT2D eigenvalue weighted by Crippen LogP contribution is 2.25. The number of hydrogen-bond acceptors (Lipinski definition) is 6. The fourth-order valence-corrected chi connectivity index (χ4v) is 5.67. The van der Waals surface area contributed by atoms with Gasteiger partial charge in [0.25, 0.3) is 5.91 Å². The number of amides is 1. The molecule has 0 bridgehead atoms. The first-order chi connectivity index (χ1) is 14.6. The number of carbonyl (C=O) groups is 2. The third-order valence-corrected chi connectivity index (χ3v) is 7.15. The van der Waals surface area contributed by atoms with Crippen LogP contribution in [0.2, 0.25) is 5.15 Å². The second-order valence-corrected chi connectivity index (χ2v) is 10.6. The van der Waals surface area contributed by atoms with Crippen LogP contribution in [0.3, 0.4) is 0 Å². The third kappa shape index (κ3) is 5.46. The van der Waals surface area contributed by atoms with Gasteiger partial charge in [-0.15, -0.1) is 0 Å². The maximum atomic E-state index is 13.0. The largest absolute Gasteiger partial charge is 0.452 e. The number of carbonyl (C=O) groups excluding carboxylic acids is 2. The summed E-state index contributed by atoms with van der Waals surface area (Å²) in [5.74, 6) is -1.04. The first-order valence-electron chi connectivity index (χ1n) is 10.1. The van der Waals surface area contributed by atoms with E-state index in [0.717, 1.165) is 0 Å². The van der Waals surface area contributed by atoms with Crippen LogP contribution in [0.5, 0.6) is 0 Å². The summed E-state index contributed by atoms with van der Waals surface area (Å²) >= 11 is 6.31. The molecule has 1 aliphatic rings. The summed E-state index contributed by atoms with van der Waals surface area (Å²) in [4.78, 5) is 27.1. The van der Waals surface area contributed by atoms with E-state index < -0.39 is 34.4 Å². The van der Waals surface area contributed by atoms with E-state index in [1.165, 1.54) is 4.90 Å². The first kappa shape index (κ1) is 23.3. The Hall–Kier alpha value is -2.39. The van der Waals surface area contributed by atoms with Crippen molar-refractivity contribution in [1.82, 2.24) is 9.78 Å². The van der Waals surface area contributed by atoms with E-state index in [2.05, 4.69) is 5.10 Å². The van der Waals surface area contributed by atoms with Gasteiger partial charge in [0.15, 0.2) is 16.4 Å². The number of esters is 1. The Bertz CT molecular complexity index is 1070. The van der Waals surface area contributed by atoms with E-state index in [9.17, 15) is 18.0 Å². The van der Waals surface area contributed by atoms with Crippen molar-refractivity contribution < 1.29 is 22.7 Å². The predicted molar refractivity (Wildman–Crippen MR) is 118 cm³/mol. The molecule has 1 aromatic carbocycles. The summed E-state index contributed by atoms with van der Waals surface area (Å²) in [7, 11) is -3.20. The molecule has 1 amide bonds. The lowest BCUT2D eigenvalue weighted by molar-refractivity contribution is -0.122. The minimum atomic E-state index is -3.20. The summed E-state index contributed by atoms with van der Waals surface area (Å²) in [5.41, 5.74) is 1.11. The minimum absolute atomic E-state index is 0.0257. The molecule has 1 atom stereocenters. The molecule has 1 aliphatic heterocycles. The number of anilines is 1. The van der Waals surface area contributed by atoms with Crippen LogP contribution in [0.4, 0.5) is 5.69 Å². The van der Waals surface area contributed by atoms with E-state index in [1.807, 2.05) is 13.8 Å². The zero-order chi connectivity index (χ0) is 22.8. The van der Waals surface area contributed by atoms with Gasteiger partial charge >= 0.3 is 5.97 Å². The molecule has 0 aliphatic carbocycles. The van der Waals surface area contributed by atoms with Gasteiger partial charge in [0.1, 0.15) is 10.7 Å². The number of benzene rings is 1. The lowest BCUT2D eigenvalue weighted by atomic mass is 10.2. The number of aryl methyl sites for hydroxylation is 1. The second kappa shape index (κ2) is 9.40. The highest BCUT2D eigenvalue weighted by Gasteiger charge is 2.36. The number of sulfone groups is 1. The van der Waals surface area contributed by atoms with Gasteiger partial charge in [0.05, 0.1) is 23.2 Å². The van der Waals surface area contributed by atoms with Crippen LogP contribution < -0.4 is 4.90 Å². The Morgan fingerprint density at radius 1 is 1.29 bits per heavy atom. The van der Waals surface area contributed by atoms with E-state index in [0.29, 0.717) is 24.3 Å². The van der Waals surface area contributed by atoms with Crippen molar-refractivity contribution >= 4 is 39.0 Å². The lowest BCUT2D eigenvalue weighted by Crippen LogP contribution is -2.43. The van der Waals surface area contributed by atoms with Gasteiger partial charge in [-0.25, -0.2) is 13.2 Å². The number of hydrogen-bond donors (Lipinski definition) is 0. The molecular weight excluding hydrogens is 442 g/mol. The van der Waals surface area contributed by atoms with Gasteiger partial charge in [-0.2, -0.15) is 5.10 Å². The summed E-state index contributed by atoms with van der Waals surface area (Å²) in [6, 6.07) is 8.27. The average Bonchev–Trinajstić information content (AvgIpc) is 3.18. The van der Waals surface area contributed by atoms with Crippen molar-refractivity contribution in [3.63, 3.8) is 0 Å². The van der Waals surface area contributed by atoms with Crippen LogP contribution in [0.15, 0.2) is 30.3 Å². The fraction of sp³-hybridized carbons (Fsp3) is 0.476. The summed E-state index contributed by atoms with van der Waals surface area (Å²) in [6.07, 6.45) is 0.337. The molecule has 3 rings (SSSR count). The minimum Gasteiger partial charge on any atom is -0.452 e. The zero-order valence-corrected chi connectivity index (χ0v) is 19.3. The molecule has 1 fully saturated rings. The van der Waals surface area contributed by atoms with Crippen molar-refractivity contribution in [2.24, 2.45) is 5.92 Å². The van der Waals surface area contributed by atoms with Crippen LogP contribution in [0.1, 0.15) is 36.3 Å². The van der Waals surface area contributed by atoms with Crippen LogP contribution in [0, 0.1) is 12.8 Å². The molecule has 2 aromatic rings. The molecular formula is C21H26ClN3O5S. The maximum Gasteiger partial charge on any atom is 0.343 e. The quantitative estimate of drug-likeness (QED) is 0.580. The number of ether oxygens (including phenoxy) is 1. The SMILES string of the molecule is Cc1nn(CC(C)C)c(Cl)c1C(=O)OCC(=O)N(c1ccccc1)C1CCS(=O)(=O)C1. The van der Waals surface area contributed by atoms with Crippen molar-refractivity contribution in [1.29, 1.82) is 0 Å². The van der Waals surface area contributed by atoms with Crippen LogP contribution >= 0.6 is 11.6 Å². The Balaban J connectivity index is 1.76. The standard InChI is InChI=1S/C21H26ClN3O5S/c1-14(2)11-24-20(22)19(15(3)23-24)21(27)30-12-18(26)25(16-7-5-4-6-8-16)17-9-10-31(28,29)13-17/h4-8,14,17H,9-13H2,1-3H3. The topological polar surface area (TPSA) is 98.6 Å². The van der Waals surface area contributed by atoms with Gasteiger partial charge in [-0.1, -0.05) is 43.6 Å². The molecule has 31 heavy (non-hydrogen) atoms. The summed E-state index contributed by atoms with van der Waals surface area (Å²) < 4.78 is 30.7. The molecule has 0 radical (unpaired) electrons. The zero-order valence-electron chi connectivity index (χ0n) is 17.7. The molecule has 168 valence electrons. The maximum absolute atomic E-state index is 13.0. The molecule has 0 saturated carbocycles. The Morgan fingerprint density at radius 3 is 2.55 bits per heavy atom. The van der Waals surface area contributed by atoms with Crippen molar-refractivity contribution in [3.8, 4) is 0 Å². The first-order valence-corrected chi connectivity index (χ1v) is 12.3. The Labute approximate surface area is 187 Å². The normalized spacial score (nSPS) is 17.6. The van der Waals surface area contributed by atoms with Gasteiger partial charge in [0, 0.05) is 12.2 Å². The van der Waals surface area contributed by atoms with Crippen LogP contribution in [0.25, 0.3) is 0 Å². The van der Waals surface area contributed by atoms with Crippen LogP contribution in [-0.4, -0.2) is 54.2 Å². The number of rotatable bonds is 7. The number of aromatic nitrogens is 2. The third-order valence-electron chi connectivity index (χ3n) is 5.01. The van der Waals surface area contributed by atoms with E-state index in [1.54, 1.807) is 41.9 Å². The predicted octanol–water partition coefficient (Wildman–Crippen LogP) is 2.88. The molecule has 10 heteroatoms. The fourth-order valence-electron chi connectivity index (χ4n) is 3.65. The highest BCUT2D eigenvalue weighted by atomic mass is 35.5. The highest BCUT2D eigenvalue weighted by molar-refractivity contribution is 7.91. The van der Waals surface area contributed by atoms with E-state index >= 15 is 0 Å². The molecule has 0 spiro atoms. The van der Waals surface area contributed by atoms with Crippen molar-refractivity contribution in [2.75, 3.05) is 23.0 Å². The molecule has 1 unspecified atom stereocenters. The number of nitrogens with zero attached hydrogens (tertiary/aromatic N) is 3. The van der Waals surface area contributed by atoms with Crippen molar-refractivity contribution in [3.05, 3.63) is 46.7 Å². The molecule has 0 N–H and O–H groups in total. The van der Waals surface area contributed by atoms with E-state index in [-0.39, 0.29) is 28.1 Å². The van der Waals surface area contributed by atoms with Gasteiger partial charge < -0.3 is 9.64 Å². The number of halogens is 1. The Morgan fingerprint density at radius 2 is 1.97 bits per heavy atom. The van der Waals surface area contributed by atoms with Crippen molar-refractivity contribution in [2.45, 2.75) is 39.8 Å². The summed E-state index contributed by atoms with van der Waals surface area (Å²) in [6.45, 7) is 5.68. The summed E-state index contributed by atoms with van der Waals surface area (Å²) in [5, 5.41) is 4.45. The Kier molecular flexibility index (Phi) is 7.06. The molecule has 1 aromatic heterocycles. The van der Waals surface area contributed by atoms with Gasteiger partial charge in [-0.3, -0.25) is 9.48 Å². The van der Waals surface area contributed by atoms with Crippen LogP contribution in [-0.2, 0) is 25.9 Å². The molecule has 1 saturated heterocycles. The average molecular weight is 468 g/mol. The number of para-hydroxylation sites is 1. The van der Waals surface area contributed by atoms with Gasteiger partial charge in [0.2, 0.25) is 0 Å². The smallest absolute Gasteiger partial charge is 0.343 e. The monoisotopic (exact) mass is 467 g/mol. The second-order valence-electron chi connectivity index (χ2n) is 8.06.